The molecule has 0 radical (unpaired) electrons. The predicted octanol–water partition coefficient (Wildman–Crippen LogP) is 7.68. The van der Waals surface area contributed by atoms with E-state index in [1.54, 1.807) is 11.3 Å². The molecule has 1 aliphatic heterocycles. The number of thiophene rings is 1. The van der Waals surface area contributed by atoms with Gasteiger partial charge >= 0.3 is 0 Å². The number of hydrazone groups is 1. The summed E-state index contributed by atoms with van der Waals surface area (Å²) in [5.41, 5.74) is 6.13. The summed E-state index contributed by atoms with van der Waals surface area (Å²) >= 11 is 8.08. The Bertz CT molecular complexity index is 1500. The van der Waals surface area contributed by atoms with Gasteiger partial charge < -0.3 is 0 Å². The smallest absolute Gasteiger partial charge is 0.223 e. The molecule has 6 rings (SSSR count). The Labute approximate surface area is 207 Å². The van der Waals surface area contributed by atoms with Crippen LogP contribution in [0.1, 0.15) is 28.5 Å². The van der Waals surface area contributed by atoms with Crippen LogP contribution in [-0.2, 0) is 0 Å². The Hall–Kier alpha value is -3.54. The van der Waals surface area contributed by atoms with E-state index >= 15 is 0 Å². The Balaban J connectivity index is 1.53. The average Bonchev–Trinajstić information content (AvgIpc) is 3.55. The van der Waals surface area contributed by atoms with Gasteiger partial charge in [0.1, 0.15) is 0 Å². The molecule has 2 aromatic heterocycles. The highest BCUT2D eigenvalue weighted by Crippen LogP contribution is 2.39. The summed E-state index contributed by atoms with van der Waals surface area (Å²) in [6, 6.07) is 28.8. The van der Waals surface area contributed by atoms with Gasteiger partial charge in [-0.1, -0.05) is 77.8 Å². The van der Waals surface area contributed by atoms with Crippen LogP contribution in [0.15, 0.2) is 95.4 Å². The zero-order valence-corrected chi connectivity index (χ0v) is 20.1. The lowest BCUT2D eigenvalue weighted by atomic mass is 10.0. The van der Waals surface area contributed by atoms with E-state index in [0.29, 0.717) is 11.0 Å². The third kappa shape index (κ3) is 3.87. The largest absolute Gasteiger partial charge is 0.247 e. The summed E-state index contributed by atoms with van der Waals surface area (Å²) in [4.78, 5) is 11.2. The Morgan fingerprint density at radius 1 is 0.882 bits per heavy atom. The van der Waals surface area contributed by atoms with Gasteiger partial charge in [-0.2, -0.15) is 5.10 Å². The number of anilines is 1. The molecule has 0 spiro atoms. The minimum absolute atomic E-state index is 0.0460. The fourth-order valence-corrected chi connectivity index (χ4v) is 5.31. The SMILES string of the molecule is Cc1ccc(C2=NN(c3nc(-c4ccccc4)c4cc(Cl)ccc4n3)[C@H](c3cccs3)C2)cc1. The van der Waals surface area contributed by atoms with Crippen LogP contribution in [0, 0.1) is 6.92 Å². The summed E-state index contributed by atoms with van der Waals surface area (Å²) in [6.45, 7) is 2.10. The van der Waals surface area contributed by atoms with Crippen LogP contribution in [-0.4, -0.2) is 15.7 Å². The molecule has 3 aromatic carbocycles. The number of aryl methyl sites for hydroxylation is 1. The van der Waals surface area contributed by atoms with Gasteiger partial charge in [0.2, 0.25) is 5.95 Å². The number of benzene rings is 3. The molecule has 0 fully saturated rings. The molecule has 6 heteroatoms. The van der Waals surface area contributed by atoms with E-state index in [1.165, 1.54) is 10.4 Å². The molecule has 0 unspecified atom stereocenters. The van der Waals surface area contributed by atoms with E-state index in [9.17, 15) is 0 Å². The standard InChI is InChI=1S/C28H21ClN4S/c1-18-9-11-19(12-10-18)24-17-25(26-8-5-15-34-26)33(32-24)28-30-23-14-13-21(29)16-22(23)27(31-28)20-6-3-2-4-7-20/h2-16,25H,17H2,1H3/t25-/m0/s1. The molecule has 1 aliphatic rings. The highest BCUT2D eigenvalue weighted by Gasteiger charge is 2.33. The molecule has 0 saturated heterocycles. The minimum Gasteiger partial charge on any atom is -0.223 e. The lowest BCUT2D eigenvalue weighted by molar-refractivity contribution is 0.700. The first-order valence-corrected chi connectivity index (χ1v) is 12.4. The van der Waals surface area contributed by atoms with E-state index in [0.717, 1.165) is 39.9 Å². The molecule has 34 heavy (non-hydrogen) atoms. The van der Waals surface area contributed by atoms with Crippen molar-refractivity contribution in [2.75, 3.05) is 5.01 Å². The number of halogens is 1. The van der Waals surface area contributed by atoms with Crippen molar-refractivity contribution in [3.8, 4) is 11.3 Å². The van der Waals surface area contributed by atoms with Gasteiger partial charge in [0.05, 0.1) is 23.0 Å². The summed E-state index contributed by atoms with van der Waals surface area (Å²) in [5.74, 6) is 0.592. The second kappa shape index (κ2) is 8.67. The molecule has 4 nitrogen and oxygen atoms in total. The van der Waals surface area contributed by atoms with E-state index < -0.39 is 0 Å². The van der Waals surface area contributed by atoms with Crippen molar-refractivity contribution in [2.45, 2.75) is 19.4 Å². The number of fused-ring (bicyclic) bond motifs is 1. The quantitative estimate of drug-likeness (QED) is 0.265. The third-order valence-electron chi connectivity index (χ3n) is 6.06. The average molecular weight is 481 g/mol. The molecular formula is C28H21ClN4S. The predicted molar refractivity (Wildman–Crippen MR) is 142 cm³/mol. The zero-order chi connectivity index (χ0) is 23.1. The third-order valence-corrected chi connectivity index (χ3v) is 7.27. The summed E-state index contributed by atoms with van der Waals surface area (Å²) in [6.07, 6.45) is 0.798. The molecule has 0 saturated carbocycles. The zero-order valence-electron chi connectivity index (χ0n) is 18.5. The first-order chi connectivity index (χ1) is 16.7. The summed E-state index contributed by atoms with van der Waals surface area (Å²) in [7, 11) is 0. The van der Waals surface area contributed by atoms with E-state index in [4.69, 9.17) is 26.7 Å². The van der Waals surface area contributed by atoms with Crippen LogP contribution in [0.25, 0.3) is 22.2 Å². The molecule has 0 aliphatic carbocycles. The maximum atomic E-state index is 6.35. The highest BCUT2D eigenvalue weighted by molar-refractivity contribution is 7.10. The van der Waals surface area contributed by atoms with Gasteiger partial charge in [-0.25, -0.2) is 15.0 Å². The van der Waals surface area contributed by atoms with Gasteiger partial charge in [0, 0.05) is 27.3 Å². The number of aromatic nitrogens is 2. The van der Waals surface area contributed by atoms with Crippen molar-refractivity contribution in [1.82, 2.24) is 9.97 Å². The van der Waals surface area contributed by atoms with E-state index in [2.05, 4.69) is 60.8 Å². The van der Waals surface area contributed by atoms with E-state index in [-0.39, 0.29) is 6.04 Å². The maximum absolute atomic E-state index is 6.35. The molecule has 3 heterocycles. The first-order valence-electron chi connectivity index (χ1n) is 11.2. The van der Waals surface area contributed by atoms with Crippen molar-refractivity contribution in [2.24, 2.45) is 5.10 Å². The monoisotopic (exact) mass is 480 g/mol. The second-order valence-corrected chi connectivity index (χ2v) is 9.81. The van der Waals surface area contributed by atoms with Crippen molar-refractivity contribution in [1.29, 1.82) is 0 Å². The van der Waals surface area contributed by atoms with Gasteiger partial charge in [-0.3, -0.25) is 0 Å². The lowest BCUT2D eigenvalue weighted by Crippen LogP contribution is -2.20. The van der Waals surface area contributed by atoms with Crippen LogP contribution >= 0.6 is 22.9 Å². The van der Waals surface area contributed by atoms with Crippen LogP contribution in [0.4, 0.5) is 5.95 Å². The normalized spacial score (nSPS) is 15.6. The molecule has 1 atom stereocenters. The molecule has 0 N–H and O–H groups in total. The van der Waals surface area contributed by atoms with Crippen LogP contribution in [0.2, 0.25) is 5.02 Å². The lowest BCUT2D eigenvalue weighted by Gasteiger charge is -2.21. The van der Waals surface area contributed by atoms with Crippen molar-refractivity contribution in [3.05, 3.63) is 111 Å². The number of rotatable bonds is 4. The van der Waals surface area contributed by atoms with Gasteiger partial charge in [-0.15, -0.1) is 11.3 Å². The Kier molecular flexibility index (Phi) is 5.36. The van der Waals surface area contributed by atoms with Crippen molar-refractivity contribution < 1.29 is 0 Å². The summed E-state index contributed by atoms with van der Waals surface area (Å²) in [5, 5.41) is 10.7. The molecule has 0 amide bonds. The minimum atomic E-state index is 0.0460. The van der Waals surface area contributed by atoms with Crippen LogP contribution < -0.4 is 5.01 Å². The Morgan fingerprint density at radius 2 is 1.71 bits per heavy atom. The van der Waals surface area contributed by atoms with Crippen molar-refractivity contribution >= 4 is 45.5 Å². The van der Waals surface area contributed by atoms with Gasteiger partial charge in [0.25, 0.3) is 0 Å². The number of hydrogen-bond donors (Lipinski definition) is 0. The van der Waals surface area contributed by atoms with Gasteiger partial charge in [-0.05, 0) is 42.1 Å². The van der Waals surface area contributed by atoms with Gasteiger partial charge in [0.15, 0.2) is 0 Å². The summed E-state index contributed by atoms with van der Waals surface area (Å²) < 4.78 is 0. The molecule has 5 aromatic rings. The maximum Gasteiger partial charge on any atom is 0.247 e. The number of hydrogen-bond acceptors (Lipinski definition) is 5. The number of nitrogens with zero attached hydrogens (tertiary/aromatic N) is 4. The fraction of sp³-hybridized carbons (Fsp3) is 0.107. The highest BCUT2D eigenvalue weighted by atomic mass is 35.5. The fourth-order valence-electron chi connectivity index (χ4n) is 4.32. The Morgan fingerprint density at radius 3 is 2.47 bits per heavy atom. The van der Waals surface area contributed by atoms with Crippen molar-refractivity contribution in [3.63, 3.8) is 0 Å². The molecular weight excluding hydrogens is 460 g/mol. The first kappa shape index (κ1) is 21.0. The second-order valence-electron chi connectivity index (χ2n) is 8.39. The van der Waals surface area contributed by atoms with Crippen LogP contribution in [0.5, 0.6) is 0 Å². The van der Waals surface area contributed by atoms with Crippen LogP contribution in [0.3, 0.4) is 0 Å². The molecule has 0 bridgehead atoms. The van der Waals surface area contributed by atoms with E-state index in [1.807, 2.05) is 41.4 Å². The topological polar surface area (TPSA) is 41.4 Å². The molecule has 166 valence electrons.